The van der Waals surface area contributed by atoms with Gasteiger partial charge in [0.15, 0.2) is 16.4 Å². The molecule has 3 rings (SSSR count). The lowest BCUT2D eigenvalue weighted by Crippen LogP contribution is -2.43. The van der Waals surface area contributed by atoms with Crippen LogP contribution in [-0.2, 0) is 24.2 Å². The van der Waals surface area contributed by atoms with E-state index in [1.807, 2.05) is 43.3 Å². The number of para-hydroxylation sites is 1. The van der Waals surface area contributed by atoms with E-state index in [1.54, 1.807) is 24.3 Å². The molecule has 0 aliphatic carbocycles. The number of hydrogen-bond acceptors (Lipinski definition) is 5. The average molecular weight is 416 g/mol. The monoisotopic (exact) mass is 415 g/mol. The first-order chi connectivity index (χ1) is 13.9. The van der Waals surface area contributed by atoms with Gasteiger partial charge in [-0.15, -0.1) is 0 Å². The highest BCUT2D eigenvalue weighted by atomic mass is 32.2. The summed E-state index contributed by atoms with van der Waals surface area (Å²) in [5.41, 5.74) is 1.63. The summed E-state index contributed by atoms with van der Waals surface area (Å²) in [5.74, 6) is -0.917. The summed E-state index contributed by atoms with van der Waals surface area (Å²) in [4.78, 5) is 26.5. The summed E-state index contributed by atoms with van der Waals surface area (Å²) in [6, 6.07) is 18.1. The van der Waals surface area contributed by atoms with Gasteiger partial charge in [0.2, 0.25) is 0 Å². The highest BCUT2D eigenvalue weighted by molar-refractivity contribution is 7.91. The van der Waals surface area contributed by atoms with Gasteiger partial charge in [-0.3, -0.25) is 9.59 Å². The van der Waals surface area contributed by atoms with Gasteiger partial charge in [0, 0.05) is 5.69 Å². The Bertz CT molecular complexity index is 944. The zero-order valence-electron chi connectivity index (χ0n) is 16.4. The minimum Gasteiger partial charge on any atom is -0.456 e. The van der Waals surface area contributed by atoms with E-state index in [-0.39, 0.29) is 23.8 Å². The van der Waals surface area contributed by atoms with Crippen LogP contribution in [0.15, 0.2) is 60.7 Å². The van der Waals surface area contributed by atoms with Gasteiger partial charge in [0.05, 0.1) is 24.0 Å². The van der Waals surface area contributed by atoms with E-state index in [0.29, 0.717) is 12.1 Å². The van der Waals surface area contributed by atoms with Crippen molar-refractivity contribution >= 4 is 27.4 Å². The van der Waals surface area contributed by atoms with Crippen molar-refractivity contribution in [2.75, 3.05) is 23.0 Å². The maximum absolute atomic E-state index is 12.9. The van der Waals surface area contributed by atoms with Crippen LogP contribution in [0.2, 0.25) is 0 Å². The molecule has 1 amide bonds. The van der Waals surface area contributed by atoms with Gasteiger partial charge in [-0.25, -0.2) is 8.42 Å². The van der Waals surface area contributed by atoms with Crippen molar-refractivity contribution in [2.24, 2.45) is 0 Å². The summed E-state index contributed by atoms with van der Waals surface area (Å²) >= 11 is 0. The number of carbonyl (C=O) groups is 2. The van der Waals surface area contributed by atoms with Crippen LogP contribution in [0.5, 0.6) is 0 Å². The molecule has 0 saturated carbocycles. The van der Waals surface area contributed by atoms with Crippen molar-refractivity contribution in [3.8, 4) is 0 Å². The van der Waals surface area contributed by atoms with E-state index in [4.69, 9.17) is 4.74 Å². The summed E-state index contributed by atoms with van der Waals surface area (Å²) in [7, 11) is -3.16. The van der Waals surface area contributed by atoms with E-state index < -0.39 is 34.4 Å². The van der Waals surface area contributed by atoms with Gasteiger partial charge < -0.3 is 9.64 Å². The molecular weight excluding hydrogens is 390 g/mol. The number of amides is 1. The maximum Gasteiger partial charge on any atom is 0.306 e. The number of carbonyl (C=O) groups excluding carboxylic acids is 2. The molecule has 6 nitrogen and oxygen atoms in total. The summed E-state index contributed by atoms with van der Waals surface area (Å²) in [5, 5.41) is 0. The molecule has 2 aromatic carbocycles. The predicted octanol–water partition coefficient (Wildman–Crippen LogP) is 2.94. The molecule has 1 aliphatic rings. The van der Waals surface area contributed by atoms with E-state index in [1.165, 1.54) is 4.90 Å². The molecular formula is C22H25NO5S. The van der Waals surface area contributed by atoms with E-state index >= 15 is 0 Å². The van der Waals surface area contributed by atoms with Gasteiger partial charge in [-0.2, -0.15) is 0 Å². The molecule has 7 heteroatoms. The smallest absolute Gasteiger partial charge is 0.306 e. The predicted molar refractivity (Wildman–Crippen MR) is 111 cm³/mol. The first-order valence-electron chi connectivity index (χ1n) is 9.64. The Kier molecular flexibility index (Phi) is 6.69. The number of anilines is 1. The second-order valence-corrected chi connectivity index (χ2v) is 9.56. The van der Waals surface area contributed by atoms with Crippen LogP contribution in [0.1, 0.15) is 31.2 Å². The van der Waals surface area contributed by atoms with Gasteiger partial charge in [0.25, 0.3) is 5.91 Å². The molecule has 0 unspecified atom stereocenters. The fourth-order valence-corrected chi connectivity index (χ4v) is 5.25. The summed E-state index contributed by atoms with van der Waals surface area (Å²) in [6.45, 7) is 1.52. The number of nitrogens with zero attached hydrogens (tertiary/aromatic N) is 1. The quantitative estimate of drug-likeness (QED) is 0.650. The van der Waals surface area contributed by atoms with Gasteiger partial charge in [-0.05, 0) is 30.0 Å². The van der Waals surface area contributed by atoms with Crippen molar-refractivity contribution < 1.29 is 22.7 Å². The Morgan fingerprint density at radius 1 is 1.07 bits per heavy atom. The minimum absolute atomic E-state index is 0.0241. The van der Waals surface area contributed by atoms with Crippen LogP contribution in [0.3, 0.4) is 0 Å². The Balaban J connectivity index is 1.63. The van der Waals surface area contributed by atoms with E-state index in [2.05, 4.69) is 0 Å². The lowest BCUT2D eigenvalue weighted by molar-refractivity contribution is -0.148. The Morgan fingerprint density at radius 2 is 1.69 bits per heavy atom. The molecule has 1 heterocycles. The van der Waals surface area contributed by atoms with Gasteiger partial charge in [0.1, 0.15) is 0 Å². The summed E-state index contributed by atoms with van der Waals surface area (Å²) in [6.07, 6.45) is 0.544. The fraction of sp³-hybridized carbons (Fsp3) is 0.364. The third-order valence-corrected chi connectivity index (χ3v) is 6.83. The maximum atomic E-state index is 12.9. The van der Waals surface area contributed by atoms with Crippen LogP contribution in [0, 0.1) is 0 Å². The molecule has 0 aromatic heterocycles. The zero-order chi connectivity index (χ0) is 20.9. The van der Waals surface area contributed by atoms with Crippen LogP contribution < -0.4 is 4.90 Å². The van der Waals surface area contributed by atoms with Crippen molar-refractivity contribution in [1.82, 2.24) is 0 Å². The molecule has 154 valence electrons. The molecule has 2 aromatic rings. The normalized spacial score (nSPS) is 18.7. The second kappa shape index (κ2) is 9.22. The molecule has 0 spiro atoms. The largest absolute Gasteiger partial charge is 0.456 e. The standard InChI is InChI=1S/C22H25NO5S/c1-17(18-8-4-2-5-9-18)14-22(25)28-15-21(24)23(19-10-6-3-7-11-19)20-12-13-29(26,27)16-20/h2-11,17,20H,12-16H2,1H3/t17-,20+/m1/s1. The van der Waals surface area contributed by atoms with Crippen molar-refractivity contribution in [2.45, 2.75) is 31.7 Å². The number of sulfone groups is 1. The number of ether oxygens (including phenoxy) is 1. The average Bonchev–Trinajstić information content (AvgIpc) is 3.07. The van der Waals surface area contributed by atoms with Crippen LogP contribution in [0.4, 0.5) is 5.69 Å². The molecule has 29 heavy (non-hydrogen) atoms. The molecule has 2 atom stereocenters. The lowest BCUT2D eigenvalue weighted by atomic mass is 9.98. The third-order valence-electron chi connectivity index (χ3n) is 5.07. The Morgan fingerprint density at radius 3 is 2.28 bits per heavy atom. The number of esters is 1. The number of rotatable bonds is 7. The first kappa shape index (κ1) is 21.0. The van der Waals surface area contributed by atoms with Crippen LogP contribution in [-0.4, -0.2) is 44.4 Å². The number of benzene rings is 2. The van der Waals surface area contributed by atoms with Crippen LogP contribution >= 0.6 is 0 Å². The lowest BCUT2D eigenvalue weighted by Gasteiger charge is -2.28. The first-order valence-corrected chi connectivity index (χ1v) is 11.5. The van der Waals surface area contributed by atoms with Crippen LogP contribution in [0.25, 0.3) is 0 Å². The zero-order valence-corrected chi connectivity index (χ0v) is 17.2. The Hall–Kier alpha value is -2.67. The Labute approximate surface area is 171 Å². The molecule has 1 fully saturated rings. The molecule has 0 N–H and O–H groups in total. The molecule has 0 bridgehead atoms. The van der Waals surface area contributed by atoms with Gasteiger partial charge >= 0.3 is 5.97 Å². The van der Waals surface area contributed by atoms with E-state index in [9.17, 15) is 18.0 Å². The van der Waals surface area contributed by atoms with Crippen molar-refractivity contribution in [3.63, 3.8) is 0 Å². The summed E-state index contributed by atoms with van der Waals surface area (Å²) < 4.78 is 29.0. The highest BCUT2D eigenvalue weighted by Gasteiger charge is 2.35. The molecule has 1 aliphatic heterocycles. The van der Waals surface area contributed by atoms with Crippen molar-refractivity contribution in [1.29, 1.82) is 0 Å². The van der Waals surface area contributed by atoms with Crippen molar-refractivity contribution in [3.05, 3.63) is 66.2 Å². The van der Waals surface area contributed by atoms with Gasteiger partial charge in [-0.1, -0.05) is 55.5 Å². The molecule has 1 saturated heterocycles. The molecule has 0 radical (unpaired) electrons. The second-order valence-electron chi connectivity index (χ2n) is 7.33. The number of hydrogen-bond donors (Lipinski definition) is 0. The SMILES string of the molecule is C[C@H](CC(=O)OCC(=O)N(c1ccccc1)[C@H]1CCS(=O)(=O)C1)c1ccccc1. The fourth-order valence-electron chi connectivity index (χ4n) is 3.55. The minimum atomic E-state index is -3.16. The topological polar surface area (TPSA) is 80.8 Å². The highest BCUT2D eigenvalue weighted by Crippen LogP contribution is 2.25. The van der Waals surface area contributed by atoms with E-state index in [0.717, 1.165) is 5.56 Å². The third kappa shape index (κ3) is 5.67.